The molecule has 0 unspecified atom stereocenters. The maximum absolute atomic E-state index is 13.2. The van der Waals surface area contributed by atoms with Crippen LogP contribution >= 0.6 is 0 Å². The van der Waals surface area contributed by atoms with E-state index in [2.05, 4.69) is 5.32 Å². The number of imide groups is 1. The van der Waals surface area contributed by atoms with Crippen molar-refractivity contribution in [1.82, 2.24) is 5.32 Å². The molecule has 1 aromatic carbocycles. The normalized spacial score (nSPS) is 18.0. The van der Waals surface area contributed by atoms with E-state index in [9.17, 15) is 18.4 Å². The van der Waals surface area contributed by atoms with Crippen LogP contribution in [0.25, 0.3) is 6.08 Å². The largest absolute Gasteiger partial charge is 0.292 e. The Kier molecular flexibility index (Phi) is 2.52. The lowest BCUT2D eigenvalue weighted by molar-refractivity contribution is -0.124. The van der Waals surface area contributed by atoms with Crippen molar-refractivity contribution >= 4 is 17.9 Å². The van der Waals surface area contributed by atoms with E-state index in [1.807, 2.05) is 0 Å². The number of halogens is 2. The van der Waals surface area contributed by atoms with E-state index in [-0.39, 0.29) is 17.6 Å². The van der Waals surface area contributed by atoms with Crippen LogP contribution in [-0.4, -0.2) is 11.8 Å². The number of hydrogen-bond donors (Lipinski definition) is 1. The summed E-state index contributed by atoms with van der Waals surface area (Å²) in [6.45, 7) is 0. The molecule has 82 valence electrons. The summed E-state index contributed by atoms with van der Waals surface area (Å²) in [5.41, 5.74) is 0.0920. The summed E-state index contributed by atoms with van der Waals surface area (Å²) in [7, 11) is 0. The third kappa shape index (κ3) is 1.84. The highest BCUT2D eigenvalue weighted by Crippen LogP contribution is 2.18. The van der Waals surface area contributed by atoms with Crippen LogP contribution in [-0.2, 0) is 9.59 Å². The molecule has 0 radical (unpaired) electrons. The molecule has 0 spiro atoms. The Morgan fingerprint density at radius 2 is 2.00 bits per heavy atom. The number of rotatable bonds is 1. The lowest BCUT2D eigenvalue weighted by atomic mass is 10.1. The second-order valence-electron chi connectivity index (χ2n) is 3.37. The first-order chi connectivity index (χ1) is 7.58. The van der Waals surface area contributed by atoms with E-state index in [1.54, 1.807) is 0 Å². The van der Waals surface area contributed by atoms with E-state index in [1.165, 1.54) is 18.2 Å². The lowest BCUT2D eigenvalue weighted by Crippen LogP contribution is -2.19. The van der Waals surface area contributed by atoms with Crippen molar-refractivity contribution in [3.05, 3.63) is 41.0 Å². The van der Waals surface area contributed by atoms with Gasteiger partial charge >= 0.3 is 0 Å². The Hall–Kier alpha value is -2.04. The highest BCUT2D eigenvalue weighted by molar-refractivity contribution is 6.15. The van der Waals surface area contributed by atoms with Crippen LogP contribution in [0.5, 0.6) is 0 Å². The van der Waals surface area contributed by atoms with Gasteiger partial charge in [0.05, 0.1) is 6.42 Å². The van der Waals surface area contributed by atoms with Crippen molar-refractivity contribution in [2.75, 3.05) is 0 Å². The highest BCUT2D eigenvalue weighted by Gasteiger charge is 2.24. The number of carbonyl (C=O) groups excluding carboxylic acids is 2. The quantitative estimate of drug-likeness (QED) is 0.577. The molecule has 0 bridgehead atoms. The molecule has 16 heavy (non-hydrogen) atoms. The number of benzene rings is 1. The van der Waals surface area contributed by atoms with Crippen molar-refractivity contribution in [2.45, 2.75) is 6.42 Å². The molecule has 1 aromatic rings. The van der Waals surface area contributed by atoms with Crippen molar-refractivity contribution < 1.29 is 18.4 Å². The van der Waals surface area contributed by atoms with Crippen LogP contribution in [0.3, 0.4) is 0 Å². The summed E-state index contributed by atoms with van der Waals surface area (Å²) in [6.07, 6.45) is 1.08. The van der Waals surface area contributed by atoms with Gasteiger partial charge in [0.2, 0.25) is 5.91 Å². The molecule has 1 aliphatic rings. The van der Waals surface area contributed by atoms with Gasteiger partial charge in [-0.15, -0.1) is 0 Å². The van der Waals surface area contributed by atoms with Crippen LogP contribution in [0.4, 0.5) is 8.78 Å². The summed E-state index contributed by atoms with van der Waals surface area (Å²) in [5.74, 6) is -3.01. The molecular formula is C11H7F2NO2. The number of nitrogens with one attached hydrogen (secondary N) is 1. The second-order valence-corrected chi connectivity index (χ2v) is 3.37. The minimum absolute atomic E-state index is 0.0418. The average molecular weight is 223 g/mol. The highest BCUT2D eigenvalue weighted by atomic mass is 19.2. The zero-order chi connectivity index (χ0) is 11.7. The fourth-order valence-electron chi connectivity index (χ4n) is 1.44. The van der Waals surface area contributed by atoms with Crippen molar-refractivity contribution in [2.24, 2.45) is 0 Å². The van der Waals surface area contributed by atoms with Gasteiger partial charge in [0.15, 0.2) is 11.6 Å². The molecule has 1 N–H and O–H groups in total. The van der Waals surface area contributed by atoms with E-state index < -0.39 is 23.4 Å². The Morgan fingerprint density at radius 3 is 2.62 bits per heavy atom. The standard InChI is InChI=1S/C11H7F2NO2/c12-8-3-1-2-6(10(8)13)4-7-5-9(15)14-11(7)16/h1-4H,5H2,(H,14,15,16). The zero-order valence-electron chi connectivity index (χ0n) is 8.09. The molecule has 1 fully saturated rings. The summed E-state index contributed by atoms with van der Waals surface area (Å²) >= 11 is 0. The SMILES string of the molecule is O=C1CC(=Cc2cccc(F)c2F)C(=O)N1. The summed E-state index contributed by atoms with van der Waals surface area (Å²) in [4.78, 5) is 22.0. The van der Waals surface area contributed by atoms with E-state index in [4.69, 9.17) is 0 Å². The zero-order valence-corrected chi connectivity index (χ0v) is 8.09. The molecule has 2 amide bonds. The van der Waals surface area contributed by atoms with Crippen LogP contribution in [0.15, 0.2) is 23.8 Å². The van der Waals surface area contributed by atoms with Crippen LogP contribution < -0.4 is 5.32 Å². The molecule has 1 saturated heterocycles. The van der Waals surface area contributed by atoms with Gasteiger partial charge in [0, 0.05) is 11.1 Å². The maximum atomic E-state index is 13.2. The fourth-order valence-corrected chi connectivity index (χ4v) is 1.44. The van der Waals surface area contributed by atoms with Crippen LogP contribution in [0.1, 0.15) is 12.0 Å². The number of amides is 2. The van der Waals surface area contributed by atoms with E-state index in [0.29, 0.717) is 0 Å². The molecule has 2 rings (SSSR count). The van der Waals surface area contributed by atoms with Gasteiger partial charge < -0.3 is 0 Å². The Labute approximate surface area is 89.8 Å². The monoisotopic (exact) mass is 223 g/mol. The Balaban J connectivity index is 2.40. The molecule has 3 nitrogen and oxygen atoms in total. The van der Waals surface area contributed by atoms with Crippen molar-refractivity contribution in [3.63, 3.8) is 0 Å². The summed E-state index contributed by atoms with van der Waals surface area (Å²) < 4.78 is 26.1. The maximum Gasteiger partial charge on any atom is 0.254 e. The Bertz CT molecular complexity index is 509. The van der Waals surface area contributed by atoms with E-state index >= 15 is 0 Å². The topological polar surface area (TPSA) is 46.2 Å². The average Bonchev–Trinajstić information content (AvgIpc) is 2.53. The van der Waals surface area contributed by atoms with Gasteiger partial charge in [-0.05, 0) is 12.1 Å². The van der Waals surface area contributed by atoms with Gasteiger partial charge in [-0.3, -0.25) is 14.9 Å². The van der Waals surface area contributed by atoms with Crippen molar-refractivity contribution in [3.8, 4) is 0 Å². The fraction of sp³-hybridized carbons (Fsp3) is 0.0909. The molecular weight excluding hydrogens is 216 g/mol. The summed E-state index contributed by atoms with van der Waals surface area (Å²) in [6, 6.07) is 3.65. The molecule has 1 heterocycles. The van der Waals surface area contributed by atoms with Gasteiger partial charge in [-0.1, -0.05) is 12.1 Å². The van der Waals surface area contributed by atoms with Crippen LogP contribution in [0, 0.1) is 11.6 Å². The first-order valence-electron chi connectivity index (χ1n) is 4.56. The Morgan fingerprint density at radius 1 is 1.25 bits per heavy atom. The predicted molar refractivity (Wildman–Crippen MR) is 52.1 cm³/mol. The minimum Gasteiger partial charge on any atom is -0.292 e. The van der Waals surface area contributed by atoms with Gasteiger partial charge in [0.1, 0.15) is 0 Å². The van der Waals surface area contributed by atoms with Crippen molar-refractivity contribution in [1.29, 1.82) is 0 Å². The van der Waals surface area contributed by atoms with Gasteiger partial charge in [0.25, 0.3) is 5.91 Å². The molecule has 0 atom stereocenters. The first-order valence-corrected chi connectivity index (χ1v) is 4.56. The number of hydrogen-bond acceptors (Lipinski definition) is 2. The molecule has 0 aromatic heterocycles. The third-order valence-corrected chi connectivity index (χ3v) is 2.21. The lowest BCUT2D eigenvalue weighted by Gasteiger charge is -1.98. The van der Waals surface area contributed by atoms with Gasteiger partial charge in [-0.25, -0.2) is 8.78 Å². The smallest absolute Gasteiger partial charge is 0.254 e. The first kappa shape index (κ1) is 10.5. The second kappa shape index (κ2) is 3.84. The van der Waals surface area contributed by atoms with Gasteiger partial charge in [-0.2, -0.15) is 0 Å². The molecule has 0 saturated carbocycles. The number of carbonyl (C=O) groups is 2. The van der Waals surface area contributed by atoms with Crippen LogP contribution in [0.2, 0.25) is 0 Å². The molecule has 0 aliphatic carbocycles. The molecule has 1 aliphatic heterocycles. The molecule has 5 heteroatoms. The van der Waals surface area contributed by atoms with E-state index in [0.717, 1.165) is 6.07 Å². The third-order valence-electron chi connectivity index (χ3n) is 2.21. The summed E-state index contributed by atoms with van der Waals surface area (Å²) in [5, 5.41) is 2.06. The minimum atomic E-state index is -1.03. The predicted octanol–water partition coefficient (Wildman–Crippen LogP) is 1.39.